The molecule has 2 heteroatoms. The molecular weight excluding hydrogens is 174 g/mol. The van der Waals surface area contributed by atoms with Gasteiger partial charge >= 0.3 is 0 Å². The predicted octanol–water partition coefficient (Wildman–Crippen LogP) is 2.77. The van der Waals surface area contributed by atoms with Crippen molar-refractivity contribution in [2.45, 2.75) is 44.3 Å². The van der Waals surface area contributed by atoms with E-state index >= 15 is 0 Å². The minimum atomic E-state index is 0.0435. The SMILES string of the molecule is c1cc2c(cn1)C1(CCCCC1)OC2. The van der Waals surface area contributed by atoms with Crippen molar-refractivity contribution in [3.8, 4) is 0 Å². The molecule has 2 aliphatic rings. The highest BCUT2D eigenvalue weighted by Gasteiger charge is 2.40. The molecule has 14 heavy (non-hydrogen) atoms. The van der Waals surface area contributed by atoms with Gasteiger partial charge in [-0.15, -0.1) is 0 Å². The van der Waals surface area contributed by atoms with Gasteiger partial charge in [-0.25, -0.2) is 0 Å². The number of rotatable bonds is 0. The van der Waals surface area contributed by atoms with Crippen LogP contribution in [0.4, 0.5) is 0 Å². The first kappa shape index (κ1) is 8.42. The fourth-order valence-electron chi connectivity index (χ4n) is 2.79. The average Bonchev–Trinajstić information content (AvgIpc) is 2.60. The molecule has 74 valence electrons. The molecule has 0 aromatic carbocycles. The number of ether oxygens (including phenoxy) is 1. The minimum absolute atomic E-state index is 0.0435. The zero-order valence-corrected chi connectivity index (χ0v) is 8.33. The molecule has 1 spiro atoms. The summed E-state index contributed by atoms with van der Waals surface area (Å²) in [4.78, 5) is 4.23. The molecule has 1 aromatic heterocycles. The third-order valence-electron chi connectivity index (χ3n) is 3.57. The van der Waals surface area contributed by atoms with Crippen LogP contribution in [0.1, 0.15) is 43.2 Å². The van der Waals surface area contributed by atoms with Crippen molar-refractivity contribution in [2.24, 2.45) is 0 Å². The summed E-state index contributed by atoms with van der Waals surface area (Å²) >= 11 is 0. The second kappa shape index (κ2) is 3.06. The number of nitrogens with zero attached hydrogens (tertiary/aromatic N) is 1. The summed E-state index contributed by atoms with van der Waals surface area (Å²) in [7, 11) is 0. The molecule has 0 radical (unpaired) electrons. The van der Waals surface area contributed by atoms with Crippen LogP contribution in [0.3, 0.4) is 0 Å². The van der Waals surface area contributed by atoms with Crippen LogP contribution in [0.25, 0.3) is 0 Å². The Bertz CT molecular complexity index is 336. The van der Waals surface area contributed by atoms with Gasteiger partial charge in [0.1, 0.15) is 0 Å². The van der Waals surface area contributed by atoms with Crippen LogP contribution < -0.4 is 0 Å². The van der Waals surface area contributed by atoms with Gasteiger partial charge in [0, 0.05) is 18.0 Å². The van der Waals surface area contributed by atoms with Crippen molar-refractivity contribution in [1.82, 2.24) is 4.98 Å². The standard InChI is InChI=1S/C12H15NO/c1-2-5-12(6-3-1)11-8-13-7-4-10(11)9-14-12/h4,7-8H,1-3,5-6,9H2. The summed E-state index contributed by atoms with van der Waals surface area (Å²) in [6, 6.07) is 2.10. The molecule has 0 saturated heterocycles. The lowest BCUT2D eigenvalue weighted by atomic mass is 9.80. The number of hydrogen-bond donors (Lipinski definition) is 0. The molecule has 0 bridgehead atoms. The largest absolute Gasteiger partial charge is 0.366 e. The van der Waals surface area contributed by atoms with Gasteiger partial charge in [-0.2, -0.15) is 0 Å². The van der Waals surface area contributed by atoms with E-state index in [2.05, 4.69) is 11.1 Å². The Morgan fingerprint density at radius 2 is 2.07 bits per heavy atom. The number of hydrogen-bond acceptors (Lipinski definition) is 2. The molecule has 1 aromatic rings. The lowest BCUT2D eigenvalue weighted by molar-refractivity contribution is -0.0639. The highest BCUT2D eigenvalue weighted by Crippen LogP contribution is 2.46. The van der Waals surface area contributed by atoms with Crippen molar-refractivity contribution in [1.29, 1.82) is 0 Å². The quantitative estimate of drug-likeness (QED) is 0.626. The number of aromatic nitrogens is 1. The second-order valence-electron chi connectivity index (χ2n) is 4.38. The van der Waals surface area contributed by atoms with Gasteiger partial charge in [0.15, 0.2) is 0 Å². The molecule has 1 aliphatic heterocycles. The normalized spacial score (nSPS) is 23.7. The van der Waals surface area contributed by atoms with E-state index in [1.54, 1.807) is 0 Å². The summed E-state index contributed by atoms with van der Waals surface area (Å²) < 4.78 is 6.01. The van der Waals surface area contributed by atoms with Gasteiger partial charge in [-0.3, -0.25) is 4.98 Å². The molecule has 1 aliphatic carbocycles. The Balaban J connectivity index is 2.03. The zero-order valence-electron chi connectivity index (χ0n) is 8.33. The van der Waals surface area contributed by atoms with E-state index in [1.807, 2.05) is 12.4 Å². The maximum Gasteiger partial charge on any atom is 0.0954 e. The summed E-state index contributed by atoms with van der Waals surface area (Å²) in [5.74, 6) is 0. The van der Waals surface area contributed by atoms with Crippen molar-refractivity contribution in [3.05, 3.63) is 29.6 Å². The van der Waals surface area contributed by atoms with Crippen LogP contribution in [-0.2, 0) is 16.9 Å². The Labute approximate surface area is 84.3 Å². The maximum absolute atomic E-state index is 6.01. The first-order valence-corrected chi connectivity index (χ1v) is 5.48. The fourth-order valence-corrected chi connectivity index (χ4v) is 2.79. The Morgan fingerprint density at radius 3 is 2.93 bits per heavy atom. The van der Waals surface area contributed by atoms with Gasteiger partial charge in [0.05, 0.1) is 12.2 Å². The van der Waals surface area contributed by atoms with Crippen molar-refractivity contribution < 1.29 is 4.74 Å². The average molecular weight is 189 g/mol. The Morgan fingerprint density at radius 1 is 1.21 bits per heavy atom. The van der Waals surface area contributed by atoms with E-state index in [1.165, 1.54) is 43.2 Å². The summed E-state index contributed by atoms with van der Waals surface area (Å²) in [5.41, 5.74) is 2.75. The topological polar surface area (TPSA) is 22.1 Å². The summed E-state index contributed by atoms with van der Waals surface area (Å²) in [5, 5.41) is 0. The van der Waals surface area contributed by atoms with Gasteiger partial charge in [-0.1, -0.05) is 19.3 Å². The Hall–Kier alpha value is -0.890. The van der Waals surface area contributed by atoms with Crippen LogP contribution in [0.5, 0.6) is 0 Å². The molecule has 0 unspecified atom stereocenters. The fraction of sp³-hybridized carbons (Fsp3) is 0.583. The van der Waals surface area contributed by atoms with Gasteiger partial charge in [0.25, 0.3) is 0 Å². The molecule has 0 N–H and O–H groups in total. The summed E-state index contributed by atoms with van der Waals surface area (Å²) in [6.07, 6.45) is 10.2. The van der Waals surface area contributed by atoms with Crippen LogP contribution >= 0.6 is 0 Å². The van der Waals surface area contributed by atoms with Gasteiger partial charge in [-0.05, 0) is 24.5 Å². The van der Waals surface area contributed by atoms with Crippen LogP contribution in [-0.4, -0.2) is 4.98 Å². The lowest BCUT2D eigenvalue weighted by Crippen LogP contribution is -2.28. The third kappa shape index (κ3) is 1.10. The van der Waals surface area contributed by atoms with Crippen molar-refractivity contribution >= 4 is 0 Å². The van der Waals surface area contributed by atoms with E-state index < -0.39 is 0 Å². The van der Waals surface area contributed by atoms with E-state index in [0.717, 1.165) is 6.61 Å². The molecule has 3 rings (SSSR count). The monoisotopic (exact) mass is 189 g/mol. The van der Waals surface area contributed by atoms with Crippen LogP contribution in [0.15, 0.2) is 18.5 Å². The molecule has 1 saturated carbocycles. The predicted molar refractivity (Wildman–Crippen MR) is 53.8 cm³/mol. The molecule has 2 heterocycles. The van der Waals surface area contributed by atoms with Crippen LogP contribution in [0.2, 0.25) is 0 Å². The lowest BCUT2D eigenvalue weighted by Gasteiger charge is -2.33. The summed E-state index contributed by atoms with van der Waals surface area (Å²) in [6.45, 7) is 0.790. The van der Waals surface area contributed by atoms with E-state index in [0.29, 0.717) is 0 Å². The van der Waals surface area contributed by atoms with Gasteiger partial charge in [0.2, 0.25) is 0 Å². The second-order valence-corrected chi connectivity index (χ2v) is 4.38. The third-order valence-corrected chi connectivity index (χ3v) is 3.57. The van der Waals surface area contributed by atoms with Crippen molar-refractivity contribution in [2.75, 3.05) is 0 Å². The molecular formula is C12H15NO. The molecule has 0 amide bonds. The van der Waals surface area contributed by atoms with Crippen molar-refractivity contribution in [3.63, 3.8) is 0 Å². The highest BCUT2D eigenvalue weighted by atomic mass is 16.5. The smallest absolute Gasteiger partial charge is 0.0954 e. The maximum atomic E-state index is 6.01. The Kier molecular flexibility index (Phi) is 1.84. The zero-order chi connectivity index (χ0) is 9.43. The van der Waals surface area contributed by atoms with E-state index in [4.69, 9.17) is 4.74 Å². The van der Waals surface area contributed by atoms with Crippen LogP contribution in [0, 0.1) is 0 Å². The molecule has 2 nitrogen and oxygen atoms in total. The first-order valence-electron chi connectivity index (χ1n) is 5.48. The van der Waals surface area contributed by atoms with E-state index in [-0.39, 0.29) is 5.60 Å². The number of fused-ring (bicyclic) bond motifs is 2. The molecule has 0 atom stereocenters. The number of pyridine rings is 1. The van der Waals surface area contributed by atoms with E-state index in [9.17, 15) is 0 Å². The first-order chi connectivity index (χ1) is 6.91. The van der Waals surface area contributed by atoms with Gasteiger partial charge < -0.3 is 4.74 Å². The highest BCUT2D eigenvalue weighted by molar-refractivity contribution is 5.32. The minimum Gasteiger partial charge on any atom is -0.366 e. The molecule has 1 fully saturated rings.